The Morgan fingerprint density at radius 3 is 1.68 bits per heavy atom. The van der Waals surface area contributed by atoms with Crippen LogP contribution < -0.4 is 21.7 Å². The Morgan fingerprint density at radius 2 is 1.29 bits per heavy atom. The van der Waals surface area contributed by atoms with Gasteiger partial charge in [0, 0.05) is 12.5 Å². The molecule has 0 aliphatic heterocycles. The van der Waals surface area contributed by atoms with Crippen molar-refractivity contribution < 1.29 is 29.0 Å². The quantitative estimate of drug-likeness (QED) is 0.300. The lowest BCUT2D eigenvalue weighted by molar-refractivity contribution is -0.142. The highest BCUT2D eigenvalue weighted by atomic mass is 16.6. The first-order valence-corrected chi connectivity index (χ1v) is 12.5. The van der Waals surface area contributed by atoms with Crippen molar-refractivity contribution in [3.63, 3.8) is 0 Å². The van der Waals surface area contributed by atoms with Crippen molar-refractivity contribution >= 4 is 23.9 Å². The highest BCUT2D eigenvalue weighted by Gasteiger charge is 2.37. The number of ether oxygens (including phenoxy) is 1. The second kappa shape index (κ2) is 13.6. The van der Waals surface area contributed by atoms with Gasteiger partial charge in [-0.2, -0.15) is 0 Å². The van der Waals surface area contributed by atoms with Crippen LogP contribution in [0.25, 0.3) is 0 Å². The molecule has 3 atom stereocenters. The van der Waals surface area contributed by atoms with E-state index in [4.69, 9.17) is 10.5 Å². The summed E-state index contributed by atoms with van der Waals surface area (Å²) in [5.41, 5.74) is 6.24. The van der Waals surface area contributed by atoms with E-state index in [0.29, 0.717) is 0 Å². The van der Waals surface area contributed by atoms with Gasteiger partial charge in [-0.3, -0.25) is 9.59 Å². The third-order valence-electron chi connectivity index (χ3n) is 5.70. The molecule has 0 unspecified atom stereocenters. The molecule has 2 aromatic carbocycles. The second-order valence-corrected chi connectivity index (χ2v) is 10.3. The molecule has 38 heavy (non-hydrogen) atoms. The lowest BCUT2D eigenvalue weighted by atomic mass is 9.84. The number of amides is 3. The van der Waals surface area contributed by atoms with Gasteiger partial charge < -0.3 is 31.5 Å². The van der Waals surface area contributed by atoms with Crippen molar-refractivity contribution in [1.82, 2.24) is 16.0 Å². The summed E-state index contributed by atoms with van der Waals surface area (Å²) in [6.07, 6.45) is -0.774. The molecule has 0 spiro atoms. The largest absolute Gasteiger partial charge is 0.480 e. The Balaban J connectivity index is 2.51. The minimum absolute atomic E-state index is 0.335. The number of hydrogen-bond donors (Lipinski definition) is 5. The highest BCUT2D eigenvalue weighted by molar-refractivity contribution is 5.94. The SMILES string of the molecule is CC(C)[C@H](NC(=O)OC(C)(C)C)C(=O)N[C@H](C(=O)N[C@@H](CN)C(=O)O)C(c1ccccc1)c1ccccc1. The molecular formula is C28H38N4O6. The highest BCUT2D eigenvalue weighted by Crippen LogP contribution is 2.29. The summed E-state index contributed by atoms with van der Waals surface area (Å²) in [5, 5.41) is 17.3. The average molecular weight is 527 g/mol. The van der Waals surface area contributed by atoms with Crippen LogP contribution in [-0.4, -0.2) is 59.3 Å². The lowest BCUT2D eigenvalue weighted by Crippen LogP contribution is -2.59. The molecule has 6 N–H and O–H groups in total. The molecule has 0 radical (unpaired) electrons. The maximum absolute atomic E-state index is 13.6. The Kier molecular flexibility index (Phi) is 10.8. The molecule has 3 amide bonds. The summed E-state index contributed by atoms with van der Waals surface area (Å²) in [6, 6.07) is 14.6. The molecule has 2 rings (SSSR count). The number of carbonyl (C=O) groups is 4. The number of benzene rings is 2. The number of rotatable bonds is 11. The van der Waals surface area contributed by atoms with E-state index >= 15 is 0 Å². The number of alkyl carbamates (subject to hydrolysis) is 1. The fraction of sp³-hybridized carbons (Fsp3) is 0.429. The summed E-state index contributed by atoms with van der Waals surface area (Å²) < 4.78 is 5.31. The van der Waals surface area contributed by atoms with Crippen molar-refractivity contribution in [3.05, 3.63) is 71.8 Å². The Hall–Kier alpha value is -3.92. The molecule has 0 saturated carbocycles. The Bertz CT molecular complexity index is 1050. The summed E-state index contributed by atoms with van der Waals surface area (Å²) in [4.78, 5) is 51.2. The van der Waals surface area contributed by atoms with Gasteiger partial charge in [0.25, 0.3) is 0 Å². The molecule has 2 aromatic rings. The molecule has 0 aromatic heterocycles. The van der Waals surface area contributed by atoms with Crippen LogP contribution in [0, 0.1) is 5.92 Å². The minimum atomic E-state index is -1.35. The van der Waals surface area contributed by atoms with Crippen molar-refractivity contribution in [2.45, 2.75) is 64.3 Å². The van der Waals surface area contributed by atoms with Crippen LogP contribution in [0.4, 0.5) is 4.79 Å². The van der Waals surface area contributed by atoms with E-state index in [-0.39, 0.29) is 12.5 Å². The van der Waals surface area contributed by atoms with E-state index in [1.54, 1.807) is 34.6 Å². The van der Waals surface area contributed by atoms with Crippen LogP contribution in [-0.2, 0) is 19.1 Å². The van der Waals surface area contributed by atoms with Gasteiger partial charge >= 0.3 is 12.1 Å². The molecule has 0 aliphatic rings. The summed E-state index contributed by atoms with van der Waals surface area (Å²) >= 11 is 0. The van der Waals surface area contributed by atoms with Crippen molar-refractivity contribution in [2.24, 2.45) is 11.7 Å². The molecule has 0 saturated heterocycles. The smallest absolute Gasteiger partial charge is 0.408 e. The van der Waals surface area contributed by atoms with Crippen LogP contribution in [0.3, 0.4) is 0 Å². The van der Waals surface area contributed by atoms with E-state index in [0.717, 1.165) is 11.1 Å². The molecule has 0 fully saturated rings. The third kappa shape index (κ3) is 8.88. The van der Waals surface area contributed by atoms with Crippen molar-refractivity contribution in [3.8, 4) is 0 Å². The van der Waals surface area contributed by atoms with Gasteiger partial charge in [0.1, 0.15) is 23.7 Å². The van der Waals surface area contributed by atoms with Gasteiger partial charge in [0.05, 0.1) is 0 Å². The average Bonchev–Trinajstić information content (AvgIpc) is 2.85. The number of nitrogens with one attached hydrogen (secondary N) is 3. The maximum atomic E-state index is 13.6. The van der Waals surface area contributed by atoms with E-state index in [9.17, 15) is 24.3 Å². The zero-order chi connectivity index (χ0) is 28.5. The van der Waals surface area contributed by atoms with E-state index < -0.39 is 53.5 Å². The van der Waals surface area contributed by atoms with Crippen molar-refractivity contribution in [1.29, 1.82) is 0 Å². The predicted molar refractivity (Wildman–Crippen MR) is 143 cm³/mol. The van der Waals surface area contributed by atoms with E-state index in [1.807, 2.05) is 60.7 Å². The van der Waals surface area contributed by atoms with Gasteiger partial charge in [-0.1, -0.05) is 74.5 Å². The number of aliphatic carboxylic acids is 1. The Labute approximate surface area is 223 Å². The number of carboxylic acids is 1. The number of hydrogen-bond acceptors (Lipinski definition) is 6. The van der Waals surface area contributed by atoms with E-state index in [2.05, 4.69) is 16.0 Å². The summed E-state index contributed by atoms with van der Waals surface area (Å²) in [6.45, 7) is 8.28. The third-order valence-corrected chi connectivity index (χ3v) is 5.70. The van der Waals surface area contributed by atoms with E-state index in [1.165, 1.54) is 0 Å². The molecule has 0 aliphatic carbocycles. The maximum Gasteiger partial charge on any atom is 0.408 e. The predicted octanol–water partition coefficient (Wildman–Crippen LogP) is 2.38. The van der Waals surface area contributed by atoms with Gasteiger partial charge in [0.15, 0.2) is 0 Å². The first-order valence-electron chi connectivity index (χ1n) is 12.5. The van der Waals surface area contributed by atoms with Crippen LogP contribution in [0.5, 0.6) is 0 Å². The number of carboxylic acid groups (broad SMARTS) is 1. The summed E-state index contributed by atoms with van der Waals surface area (Å²) in [7, 11) is 0. The van der Waals surface area contributed by atoms with Gasteiger partial charge in [-0.05, 0) is 37.8 Å². The monoisotopic (exact) mass is 526 g/mol. The topological polar surface area (TPSA) is 160 Å². The molecule has 206 valence electrons. The molecule has 0 bridgehead atoms. The molecular weight excluding hydrogens is 488 g/mol. The zero-order valence-corrected chi connectivity index (χ0v) is 22.4. The van der Waals surface area contributed by atoms with Gasteiger partial charge in [-0.25, -0.2) is 9.59 Å². The van der Waals surface area contributed by atoms with Gasteiger partial charge in [0.2, 0.25) is 11.8 Å². The van der Waals surface area contributed by atoms with Crippen LogP contribution in [0.1, 0.15) is 51.7 Å². The fourth-order valence-electron chi connectivity index (χ4n) is 3.89. The first kappa shape index (κ1) is 30.3. The molecule has 10 heteroatoms. The first-order chi connectivity index (χ1) is 17.8. The molecule has 10 nitrogen and oxygen atoms in total. The van der Waals surface area contributed by atoms with Crippen LogP contribution in [0.2, 0.25) is 0 Å². The van der Waals surface area contributed by atoms with Crippen LogP contribution >= 0.6 is 0 Å². The number of nitrogens with two attached hydrogens (primary N) is 1. The fourth-order valence-corrected chi connectivity index (χ4v) is 3.89. The Morgan fingerprint density at radius 1 is 0.816 bits per heavy atom. The van der Waals surface area contributed by atoms with Crippen molar-refractivity contribution in [2.75, 3.05) is 6.54 Å². The standard InChI is InChI=1S/C28H38N4O6/c1-17(2)22(32-27(37)38-28(3,4)5)24(33)31-23(25(34)30-20(16-29)26(35)36)21(18-12-8-6-9-13-18)19-14-10-7-11-15-19/h6-15,17,20-23H,16,29H2,1-5H3,(H,30,34)(H,31,33)(H,32,37)(H,35,36)/t20-,22-,23-/m0/s1. The summed E-state index contributed by atoms with van der Waals surface area (Å²) in [5.74, 6) is -3.68. The minimum Gasteiger partial charge on any atom is -0.480 e. The zero-order valence-electron chi connectivity index (χ0n) is 22.4. The second-order valence-electron chi connectivity index (χ2n) is 10.3. The van der Waals surface area contributed by atoms with Crippen LogP contribution in [0.15, 0.2) is 60.7 Å². The molecule has 0 heterocycles. The number of carbonyl (C=O) groups excluding carboxylic acids is 3. The van der Waals surface area contributed by atoms with Gasteiger partial charge in [-0.15, -0.1) is 0 Å². The lowest BCUT2D eigenvalue weighted by Gasteiger charge is -2.31. The normalized spacial score (nSPS) is 13.8.